The van der Waals surface area contributed by atoms with Gasteiger partial charge in [-0.2, -0.15) is 0 Å². The van der Waals surface area contributed by atoms with E-state index in [1.165, 1.54) is 0 Å². The van der Waals surface area contributed by atoms with Crippen molar-refractivity contribution in [1.29, 1.82) is 0 Å². The van der Waals surface area contributed by atoms with Gasteiger partial charge in [-0.15, -0.1) is 0 Å². The van der Waals surface area contributed by atoms with Gasteiger partial charge in [0, 0.05) is 18.3 Å². The van der Waals surface area contributed by atoms with Gasteiger partial charge in [0.15, 0.2) is 5.78 Å². The zero-order valence-electron chi connectivity index (χ0n) is 15.7. The van der Waals surface area contributed by atoms with Crippen LogP contribution in [0.5, 0.6) is 0 Å². The number of hydrogen-bond acceptors (Lipinski definition) is 3. The number of aliphatic carboxylic acids is 1. The van der Waals surface area contributed by atoms with Crippen LogP contribution >= 0.6 is 0 Å². The number of hydrogen-bond donors (Lipinski definition) is 2. The fourth-order valence-corrected chi connectivity index (χ4v) is 3.52. The Morgan fingerprint density at radius 3 is 2.60 bits per heavy atom. The smallest absolute Gasteiger partial charge is 0.303 e. The largest absolute Gasteiger partial charge is 0.481 e. The lowest BCUT2D eigenvalue weighted by atomic mass is 9.84. The van der Waals surface area contributed by atoms with E-state index in [2.05, 4.69) is 6.92 Å². The molecule has 3 atom stereocenters. The number of carboxylic acid groups (broad SMARTS) is 1. The monoisotopic (exact) mass is 350 g/mol. The summed E-state index contributed by atoms with van der Waals surface area (Å²) in [5.41, 5.74) is 1.09. The van der Waals surface area contributed by atoms with Gasteiger partial charge in [-0.3, -0.25) is 9.59 Å². The topological polar surface area (TPSA) is 74.6 Å². The molecule has 1 aliphatic carbocycles. The molecule has 142 valence electrons. The van der Waals surface area contributed by atoms with E-state index in [1.54, 1.807) is 6.08 Å². The van der Waals surface area contributed by atoms with Crippen LogP contribution in [0.25, 0.3) is 0 Å². The zero-order valence-corrected chi connectivity index (χ0v) is 15.7. The van der Waals surface area contributed by atoms with E-state index >= 15 is 0 Å². The Kier molecular flexibility index (Phi) is 10.4. The van der Waals surface area contributed by atoms with Crippen molar-refractivity contribution in [3.05, 3.63) is 23.8 Å². The first-order valence-corrected chi connectivity index (χ1v) is 9.76. The number of carbonyl (C=O) groups is 2. The highest BCUT2D eigenvalue weighted by atomic mass is 16.4. The molecule has 0 bridgehead atoms. The Hall–Kier alpha value is -1.42. The molecule has 0 amide bonds. The number of carbonyl (C=O) groups excluding carboxylic acids is 1. The summed E-state index contributed by atoms with van der Waals surface area (Å²) in [4.78, 5) is 22.6. The van der Waals surface area contributed by atoms with Crippen LogP contribution in [0.15, 0.2) is 23.8 Å². The molecule has 4 heteroatoms. The quantitative estimate of drug-likeness (QED) is 0.374. The van der Waals surface area contributed by atoms with Crippen molar-refractivity contribution in [2.24, 2.45) is 11.8 Å². The van der Waals surface area contributed by atoms with Gasteiger partial charge in [0.05, 0.1) is 6.10 Å². The fraction of sp³-hybridized carbons (Fsp3) is 0.714. The maximum Gasteiger partial charge on any atom is 0.303 e. The molecular weight excluding hydrogens is 316 g/mol. The molecule has 3 unspecified atom stereocenters. The molecule has 25 heavy (non-hydrogen) atoms. The third-order valence-electron chi connectivity index (χ3n) is 5.01. The lowest BCUT2D eigenvalue weighted by molar-refractivity contribution is -0.137. The Balaban J connectivity index is 2.42. The van der Waals surface area contributed by atoms with E-state index in [9.17, 15) is 14.7 Å². The second-order valence-corrected chi connectivity index (χ2v) is 7.21. The third-order valence-corrected chi connectivity index (χ3v) is 5.01. The standard InChI is InChI=1S/C21H34O4/c1-3-4-7-10-17(22)15-16(2)18-13-14-20(23)19(18)11-8-5-6-9-12-21(24)25/h13-15,17-19,22H,3-12H2,1-2H3,(H,24,25). The minimum Gasteiger partial charge on any atom is -0.481 e. The molecule has 0 saturated heterocycles. The molecule has 4 nitrogen and oxygen atoms in total. The number of aliphatic hydroxyl groups excluding tert-OH is 1. The van der Waals surface area contributed by atoms with Crippen LogP contribution in [0.2, 0.25) is 0 Å². The van der Waals surface area contributed by atoms with Gasteiger partial charge in [-0.1, -0.05) is 63.2 Å². The molecule has 0 saturated carbocycles. The van der Waals surface area contributed by atoms with Gasteiger partial charge < -0.3 is 10.2 Å². The molecule has 1 aliphatic rings. The Bertz CT molecular complexity index is 478. The van der Waals surface area contributed by atoms with E-state index in [1.807, 2.05) is 19.1 Å². The summed E-state index contributed by atoms with van der Waals surface area (Å²) in [5, 5.41) is 18.8. The van der Waals surface area contributed by atoms with E-state index in [0.717, 1.165) is 56.9 Å². The Morgan fingerprint density at radius 2 is 1.92 bits per heavy atom. The molecule has 0 radical (unpaired) electrons. The lowest BCUT2D eigenvalue weighted by Gasteiger charge is -2.20. The van der Waals surface area contributed by atoms with Gasteiger partial charge in [-0.25, -0.2) is 0 Å². The minimum absolute atomic E-state index is 0.0152. The predicted octanol–water partition coefficient (Wildman–Crippen LogP) is 4.67. The highest BCUT2D eigenvalue weighted by Gasteiger charge is 2.30. The first-order valence-electron chi connectivity index (χ1n) is 9.76. The van der Waals surface area contributed by atoms with Gasteiger partial charge in [0.2, 0.25) is 0 Å². The van der Waals surface area contributed by atoms with Crippen LogP contribution in [0.3, 0.4) is 0 Å². The highest BCUT2D eigenvalue weighted by Crippen LogP contribution is 2.33. The summed E-state index contributed by atoms with van der Waals surface area (Å²) >= 11 is 0. The van der Waals surface area contributed by atoms with Gasteiger partial charge >= 0.3 is 5.97 Å². The van der Waals surface area contributed by atoms with Crippen LogP contribution in [0.1, 0.15) is 78.1 Å². The van der Waals surface area contributed by atoms with Crippen LogP contribution in [0.4, 0.5) is 0 Å². The van der Waals surface area contributed by atoms with Gasteiger partial charge in [-0.05, 0) is 32.3 Å². The van der Waals surface area contributed by atoms with Crippen LogP contribution < -0.4 is 0 Å². The van der Waals surface area contributed by atoms with Crippen LogP contribution in [-0.2, 0) is 9.59 Å². The third kappa shape index (κ3) is 8.48. The van der Waals surface area contributed by atoms with Crippen LogP contribution in [0, 0.1) is 11.8 Å². The van der Waals surface area contributed by atoms with Crippen molar-refractivity contribution in [3.8, 4) is 0 Å². The molecule has 1 rings (SSSR count). The number of carboxylic acids is 1. The maximum absolute atomic E-state index is 12.1. The highest BCUT2D eigenvalue weighted by molar-refractivity contribution is 5.95. The Labute approximate surface area is 152 Å². The fourth-order valence-electron chi connectivity index (χ4n) is 3.52. The maximum atomic E-state index is 12.1. The molecule has 0 aliphatic heterocycles. The summed E-state index contributed by atoms with van der Waals surface area (Å²) in [6, 6.07) is 0. The van der Waals surface area contributed by atoms with E-state index in [0.29, 0.717) is 6.42 Å². The molecule has 0 aromatic heterocycles. The molecule has 0 aromatic carbocycles. The zero-order chi connectivity index (χ0) is 18.7. The summed E-state index contributed by atoms with van der Waals surface area (Å²) in [7, 11) is 0. The second kappa shape index (κ2) is 12.0. The average Bonchev–Trinajstić information content (AvgIpc) is 2.91. The molecular formula is C21H34O4. The van der Waals surface area contributed by atoms with E-state index in [4.69, 9.17) is 5.11 Å². The van der Waals surface area contributed by atoms with Crippen molar-refractivity contribution >= 4 is 11.8 Å². The van der Waals surface area contributed by atoms with Crippen molar-refractivity contribution in [2.75, 3.05) is 0 Å². The molecule has 0 heterocycles. The van der Waals surface area contributed by atoms with E-state index in [-0.39, 0.29) is 24.0 Å². The summed E-state index contributed by atoms with van der Waals surface area (Å²) in [6.07, 6.45) is 13.8. The van der Waals surface area contributed by atoms with Crippen molar-refractivity contribution in [2.45, 2.75) is 84.2 Å². The number of allylic oxidation sites excluding steroid dienone is 3. The number of unbranched alkanes of at least 4 members (excludes halogenated alkanes) is 5. The molecule has 2 N–H and O–H groups in total. The summed E-state index contributed by atoms with van der Waals surface area (Å²) in [6.45, 7) is 4.16. The van der Waals surface area contributed by atoms with Crippen LogP contribution in [-0.4, -0.2) is 28.1 Å². The SMILES string of the molecule is CCCCCC(O)C=C(C)C1C=CC(=O)C1CCCCCCC(=O)O. The van der Waals surface area contributed by atoms with Gasteiger partial charge in [0.25, 0.3) is 0 Å². The summed E-state index contributed by atoms with van der Waals surface area (Å²) in [5.74, 6) is -0.469. The minimum atomic E-state index is -0.742. The van der Waals surface area contributed by atoms with Crippen molar-refractivity contribution in [1.82, 2.24) is 0 Å². The first kappa shape index (κ1) is 21.6. The number of ketones is 1. The number of rotatable bonds is 13. The summed E-state index contributed by atoms with van der Waals surface area (Å²) < 4.78 is 0. The van der Waals surface area contributed by atoms with Gasteiger partial charge in [0.1, 0.15) is 0 Å². The number of aliphatic hydroxyl groups is 1. The van der Waals surface area contributed by atoms with Crippen molar-refractivity contribution < 1.29 is 19.8 Å². The first-order chi connectivity index (χ1) is 12.0. The molecule has 0 fully saturated rings. The second-order valence-electron chi connectivity index (χ2n) is 7.21. The normalized spacial score (nSPS) is 21.7. The van der Waals surface area contributed by atoms with Crippen molar-refractivity contribution in [3.63, 3.8) is 0 Å². The lowest BCUT2D eigenvalue weighted by Crippen LogP contribution is -2.18. The molecule has 0 aromatic rings. The predicted molar refractivity (Wildman–Crippen MR) is 100 cm³/mol. The Morgan fingerprint density at radius 1 is 1.20 bits per heavy atom. The average molecular weight is 350 g/mol. The molecule has 0 spiro atoms. The van der Waals surface area contributed by atoms with E-state index < -0.39 is 12.1 Å².